The predicted molar refractivity (Wildman–Crippen MR) is 89.3 cm³/mol. The fourth-order valence-electron chi connectivity index (χ4n) is 2.42. The molecule has 2 aromatic rings. The number of nitrogens with one attached hydrogen (secondary N) is 2. The van der Waals surface area contributed by atoms with Crippen LogP contribution in [0.3, 0.4) is 0 Å². The van der Waals surface area contributed by atoms with Gasteiger partial charge in [0.1, 0.15) is 6.26 Å². The smallest absolute Gasteiger partial charge is 0.257 e. The highest BCUT2D eigenvalue weighted by Crippen LogP contribution is 2.26. The summed E-state index contributed by atoms with van der Waals surface area (Å²) in [6.07, 6.45) is 4.22. The van der Waals surface area contributed by atoms with Gasteiger partial charge in [-0.1, -0.05) is 23.2 Å². The number of rotatable bonds is 3. The van der Waals surface area contributed by atoms with Gasteiger partial charge in [-0.15, -0.1) is 0 Å². The van der Waals surface area contributed by atoms with Crippen molar-refractivity contribution in [3.8, 4) is 0 Å². The van der Waals surface area contributed by atoms with Crippen molar-refractivity contribution in [2.75, 3.05) is 6.54 Å². The van der Waals surface area contributed by atoms with E-state index in [2.05, 4.69) is 15.8 Å². The molecule has 1 saturated heterocycles. The SMILES string of the molecule is O=C(N/N=C\c1coc2c(Cl)cc(Cl)cc2c1=O)[C@@H]1CCCN1. The number of hydrazone groups is 1. The Morgan fingerprint density at radius 3 is 3.00 bits per heavy atom. The van der Waals surface area contributed by atoms with Crippen LogP contribution < -0.4 is 16.2 Å². The minimum absolute atomic E-state index is 0.190. The summed E-state index contributed by atoms with van der Waals surface area (Å²) < 4.78 is 5.36. The van der Waals surface area contributed by atoms with Gasteiger partial charge in [0.05, 0.1) is 28.2 Å². The molecule has 1 fully saturated rings. The molecule has 0 spiro atoms. The van der Waals surface area contributed by atoms with Crippen LogP contribution in [0.25, 0.3) is 11.0 Å². The van der Waals surface area contributed by atoms with E-state index in [1.807, 2.05) is 0 Å². The van der Waals surface area contributed by atoms with Gasteiger partial charge in [-0.25, -0.2) is 5.43 Å². The van der Waals surface area contributed by atoms with Crippen LogP contribution in [0.2, 0.25) is 10.0 Å². The van der Waals surface area contributed by atoms with Gasteiger partial charge in [-0.2, -0.15) is 5.10 Å². The van der Waals surface area contributed by atoms with Gasteiger partial charge in [0.15, 0.2) is 5.58 Å². The second-order valence-corrected chi connectivity index (χ2v) is 6.01. The summed E-state index contributed by atoms with van der Waals surface area (Å²) in [5.74, 6) is -0.227. The van der Waals surface area contributed by atoms with Crippen LogP contribution in [-0.2, 0) is 4.79 Å². The maximum atomic E-state index is 12.4. The van der Waals surface area contributed by atoms with Crippen molar-refractivity contribution in [3.63, 3.8) is 0 Å². The Balaban J connectivity index is 1.83. The molecule has 1 aliphatic heterocycles. The maximum Gasteiger partial charge on any atom is 0.257 e. The third-order valence-electron chi connectivity index (χ3n) is 3.57. The molecule has 2 heterocycles. The Kier molecular flexibility index (Phi) is 4.66. The van der Waals surface area contributed by atoms with Gasteiger partial charge >= 0.3 is 0 Å². The van der Waals surface area contributed by atoms with Crippen molar-refractivity contribution in [3.05, 3.63) is 44.2 Å². The number of amides is 1. The van der Waals surface area contributed by atoms with E-state index in [-0.39, 0.29) is 38.9 Å². The number of nitrogens with zero attached hydrogens (tertiary/aromatic N) is 1. The minimum atomic E-state index is -0.326. The lowest BCUT2D eigenvalue weighted by molar-refractivity contribution is -0.122. The van der Waals surface area contributed by atoms with Gasteiger partial charge in [0.25, 0.3) is 5.91 Å². The molecule has 3 rings (SSSR count). The fourth-order valence-corrected chi connectivity index (χ4v) is 2.96. The van der Waals surface area contributed by atoms with E-state index in [0.29, 0.717) is 5.02 Å². The molecule has 1 atom stereocenters. The molecular formula is C15H13Cl2N3O3. The standard InChI is InChI=1S/C15H13Cl2N3O3/c16-9-4-10-13(21)8(7-23-14(10)11(17)5-9)6-19-20-15(22)12-2-1-3-18-12/h4-7,12,18H,1-3H2,(H,20,22)/b19-6-/t12-/m0/s1. The molecule has 0 aliphatic carbocycles. The monoisotopic (exact) mass is 353 g/mol. The molecule has 0 radical (unpaired) electrons. The molecule has 1 aromatic carbocycles. The summed E-state index contributed by atoms with van der Waals surface area (Å²) in [6.45, 7) is 0.817. The first-order valence-electron chi connectivity index (χ1n) is 7.03. The predicted octanol–water partition coefficient (Wildman–Crippen LogP) is 2.30. The summed E-state index contributed by atoms with van der Waals surface area (Å²) >= 11 is 11.9. The van der Waals surface area contributed by atoms with E-state index in [4.69, 9.17) is 27.6 Å². The van der Waals surface area contributed by atoms with Crippen LogP contribution in [0, 0.1) is 0 Å². The van der Waals surface area contributed by atoms with Crippen LogP contribution in [0.5, 0.6) is 0 Å². The first-order chi connectivity index (χ1) is 11.1. The Morgan fingerprint density at radius 1 is 1.43 bits per heavy atom. The second-order valence-electron chi connectivity index (χ2n) is 5.17. The Hall–Kier alpha value is -1.89. The van der Waals surface area contributed by atoms with Crippen LogP contribution in [-0.4, -0.2) is 24.7 Å². The minimum Gasteiger partial charge on any atom is -0.462 e. The van der Waals surface area contributed by atoms with Crippen LogP contribution in [0.1, 0.15) is 18.4 Å². The average Bonchev–Trinajstić information content (AvgIpc) is 3.04. The number of carbonyl (C=O) groups is 1. The number of carbonyl (C=O) groups excluding carboxylic acids is 1. The summed E-state index contributed by atoms with van der Waals surface area (Å²) in [7, 11) is 0. The molecule has 23 heavy (non-hydrogen) atoms. The molecule has 120 valence electrons. The van der Waals surface area contributed by atoms with Crippen molar-refractivity contribution >= 4 is 46.3 Å². The van der Waals surface area contributed by atoms with Crippen molar-refractivity contribution < 1.29 is 9.21 Å². The van der Waals surface area contributed by atoms with E-state index in [9.17, 15) is 9.59 Å². The third-order valence-corrected chi connectivity index (χ3v) is 4.07. The first kappa shape index (κ1) is 16.0. The lowest BCUT2D eigenvalue weighted by Crippen LogP contribution is -2.38. The van der Waals surface area contributed by atoms with Gasteiger partial charge in [-0.05, 0) is 31.5 Å². The van der Waals surface area contributed by atoms with Crippen molar-refractivity contribution in [2.45, 2.75) is 18.9 Å². The third kappa shape index (κ3) is 3.39. The lowest BCUT2D eigenvalue weighted by atomic mass is 10.2. The van der Waals surface area contributed by atoms with Crippen LogP contribution in [0.4, 0.5) is 0 Å². The first-order valence-corrected chi connectivity index (χ1v) is 7.78. The molecule has 0 unspecified atom stereocenters. The summed E-state index contributed by atoms with van der Waals surface area (Å²) in [5, 5.41) is 7.72. The van der Waals surface area contributed by atoms with Crippen molar-refractivity contribution in [1.82, 2.24) is 10.7 Å². The summed E-state index contributed by atoms with van der Waals surface area (Å²) in [5.41, 5.74) is 2.53. The van der Waals surface area contributed by atoms with Crippen LogP contribution in [0.15, 0.2) is 32.7 Å². The normalized spacial score (nSPS) is 17.9. The molecule has 1 aromatic heterocycles. The van der Waals surface area contributed by atoms with E-state index < -0.39 is 0 Å². The Labute approximate surface area is 141 Å². The lowest BCUT2D eigenvalue weighted by Gasteiger charge is -2.06. The van der Waals surface area contributed by atoms with Crippen molar-refractivity contribution in [1.29, 1.82) is 0 Å². The second kappa shape index (κ2) is 6.70. The van der Waals surface area contributed by atoms with E-state index in [1.165, 1.54) is 24.6 Å². The zero-order valence-electron chi connectivity index (χ0n) is 11.9. The molecule has 1 aliphatic rings. The fraction of sp³-hybridized carbons (Fsp3) is 0.267. The number of hydrogen-bond acceptors (Lipinski definition) is 5. The molecule has 0 saturated carbocycles. The zero-order chi connectivity index (χ0) is 16.4. The zero-order valence-corrected chi connectivity index (χ0v) is 13.4. The number of fused-ring (bicyclic) bond motifs is 1. The molecule has 6 nitrogen and oxygen atoms in total. The van der Waals surface area contributed by atoms with Gasteiger partial charge < -0.3 is 9.73 Å². The number of halogens is 2. The van der Waals surface area contributed by atoms with Gasteiger partial charge in [0.2, 0.25) is 5.43 Å². The average molecular weight is 354 g/mol. The van der Waals surface area contributed by atoms with Crippen LogP contribution >= 0.6 is 23.2 Å². The Bertz CT molecular complexity index is 842. The molecule has 0 bridgehead atoms. The maximum absolute atomic E-state index is 12.4. The van der Waals surface area contributed by atoms with Crippen molar-refractivity contribution in [2.24, 2.45) is 5.10 Å². The molecule has 8 heteroatoms. The molecule has 2 N–H and O–H groups in total. The molecular weight excluding hydrogens is 341 g/mol. The van der Waals surface area contributed by atoms with E-state index >= 15 is 0 Å². The summed E-state index contributed by atoms with van der Waals surface area (Å²) in [6, 6.07) is 2.74. The topological polar surface area (TPSA) is 83.7 Å². The summed E-state index contributed by atoms with van der Waals surface area (Å²) in [4.78, 5) is 24.2. The molecule has 1 amide bonds. The number of hydrogen-bond donors (Lipinski definition) is 2. The Morgan fingerprint density at radius 2 is 2.26 bits per heavy atom. The highest BCUT2D eigenvalue weighted by atomic mass is 35.5. The van der Waals surface area contributed by atoms with E-state index in [0.717, 1.165) is 19.4 Å². The van der Waals surface area contributed by atoms with Gasteiger partial charge in [-0.3, -0.25) is 9.59 Å². The highest BCUT2D eigenvalue weighted by molar-refractivity contribution is 6.38. The quantitative estimate of drug-likeness (QED) is 0.655. The van der Waals surface area contributed by atoms with Gasteiger partial charge in [0, 0.05) is 5.02 Å². The van der Waals surface area contributed by atoms with E-state index in [1.54, 1.807) is 0 Å². The largest absolute Gasteiger partial charge is 0.462 e. The number of benzene rings is 1. The highest BCUT2D eigenvalue weighted by Gasteiger charge is 2.21.